The highest BCUT2D eigenvalue weighted by atomic mass is 16.5. The van der Waals surface area contributed by atoms with Crippen molar-refractivity contribution in [2.75, 3.05) is 19.0 Å². The molecular formula is C15H16N2O3. The summed E-state index contributed by atoms with van der Waals surface area (Å²) in [4.78, 5) is 14.8. The SMILES string of the molecule is COc1ccccc1CCNc1cccc(C(=O)O)n1. The quantitative estimate of drug-likeness (QED) is 0.845. The van der Waals surface area contributed by atoms with Crippen molar-refractivity contribution < 1.29 is 14.6 Å². The predicted octanol–water partition coefficient (Wildman–Crippen LogP) is 2.44. The van der Waals surface area contributed by atoms with Gasteiger partial charge in [0.25, 0.3) is 0 Å². The van der Waals surface area contributed by atoms with E-state index in [0.717, 1.165) is 17.7 Å². The average molecular weight is 272 g/mol. The molecule has 0 unspecified atom stereocenters. The van der Waals surface area contributed by atoms with Gasteiger partial charge in [-0.2, -0.15) is 0 Å². The summed E-state index contributed by atoms with van der Waals surface area (Å²) >= 11 is 0. The van der Waals surface area contributed by atoms with Gasteiger partial charge in [0.2, 0.25) is 0 Å². The number of rotatable bonds is 6. The third-order valence-corrected chi connectivity index (χ3v) is 2.86. The standard InChI is InChI=1S/C15H16N2O3/c1-20-13-7-3-2-5-11(13)9-10-16-14-8-4-6-12(17-14)15(18)19/h2-8H,9-10H2,1H3,(H,16,17)(H,18,19). The van der Waals surface area contributed by atoms with Gasteiger partial charge in [0.05, 0.1) is 7.11 Å². The van der Waals surface area contributed by atoms with Crippen LogP contribution in [-0.4, -0.2) is 29.7 Å². The Kier molecular flexibility index (Phi) is 4.55. The number of benzene rings is 1. The van der Waals surface area contributed by atoms with Crippen LogP contribution in [0.15, 0.2) is 42.5 Å². The Labute approximate surface area is 117 Å². The molecule has 0 saturated heterocycles. The summed E-state index contributed by atoms with van der Waals surface area (Å²) in [7, 11) is 1.64. The molecule has 5 heteroatoms. The van der Waals surface area contributed by atoms with Gasteiger partial charge >= 0.3 is 5.97 Å². The fraction of sp³-hybridized carbons (Fsp3) is 0.200. The molecule has 0 amide bonds. The Morgan fingerprint density at radius 3 is 2.80 bits per heavy atom. The molecule has 0 aliphatic carbocycles. The lowest BCUT2D eigenvalue weighted by Gasteiger charge is -2.09. The molecule has 104 valence electrons. The predicted molar refractivity (Wildman–Crippen MR) is 76.4 cm³/mol. The molecule has 5 nitrogen and oxygen atoms in total. The summed E-state index contributed by atoms with van der Waals surface area (Å²) in [5, 5.41) is 12.0. The third-order valence-electron chi connectivity index (χ3n) is 2.86. The van der Waals surface area contributed by atoms with Crippen molar-refractivity contribution in [1.29, 1.82) is 0 Å². The van der Waals surface area contributed by atoms with Crippen LogP contribution in [0.2, 0.25) is 0 Å². The zero-order valence-electron chi connectivity index (χ0n) is 11.2. The second-order valence-electron chi connectivity index (χ2n) is 4.20. The van der Waals surface area contributed by atoms with Crippen molar-refractivity contribution in [2.24, 2.45) is 0 Å². The van der Waals surface area contributed by atoms with Crippen LogP contribution in [0.25, 0.3) is 0 Å². The zero-order chi connectivity index (χ0) is 14.4. The number of hydrogen-bond donors (Lipinski definition) is 2. The molecule has 0 atom stereocenters. The van der Waals surface area contributed by atoms with Gasteiger partial charge in [-0.05, 0) is 30.2 Å². The molecule has 0 spiro atoms. The smallest absolute Gasteiger partial charge is 0.354 e. The number of pyridine rings is 1. The number of anilines is 1. The fourth-order valence-electron chi connectivity index (χ4n) is 1.89. The van der Waals surface area contributed by atoms with Crippen LogP contribution in [0.4, 0.5) is 5.82 Å². The second-order valence-corrected chi connectivity index (χ2v) is 4.20. The largest absolute Gasteiger partial charge is 0.496 e. The number of methoxy groups -OCH3 is 1. The van der Waals surface area contributed by atoms with Gasteiger partial charge in [-0.1, -0.05) is 24.3 Å². The molecule has 2 aromatic rings. The van der Waals surface area contributed by atoms with E-state index < -0.39 is 5.97 Å². The van der Waals surface area contributed by atoms with Gasteiger partial charge in [0, 0.05) is 6.54 Å². The highest BCUT2D eigenvalue weighted by Crippen LogP contribution is 2.17. The Morgan fingerprint density at radius 1 is 1.25 bits per heavy atom. The summed E-state index contributed by atoms with van der Waals surface area (Å²) in [6.07, 6.45) is 0.767. The average Bonchev–Trinajstić information content (AvgIpc) is 2.48. The van der Waals surface area contributed by atoms with E-state index in [1.54, 1.807) is 19.2 Å². The van der Waals surface area contributed by atoms with Gasteiger partial charge < -0.3 is 15.2 Å². The van der Waals surface area contributed by atoms with Gasteiger partial charge in [0.1, 0.15) is 11.6 Å². The topological polar surface area (TPSA) is 71.5 Å². The molecule has 0 aliphatic rings. The normalized spacial score (nSPS) is 10.1. The molecular weight excluding hydrogens is 256 g/mol. The first-order valence-electron chi connectivity index (χ1n) is 6.27. The number of para-hydroxylation sites is 1. The van der Waals surface area contributed by atoms with Crippen molar-refractivity contribution >= 4 is 11.8 Å². The number of aromatic carboxylic acids is 1. The van der Waals surface area contributed by atoms with E-state index in [-0.39, 0.29) is 5.69 Å². The Hall–Kier alpha value is -2.56. The van der Waals surface area contributed by atoms with Crippen LogP contribution in [0.3, 0.4) is 0 Å². The first-order valence-corrected chi connectivity index (χ1v) is 6.27. The van der Waals surface area contributed by atoms with Gasteiger partial charge in [0.15, 0.2) is 5.69 Å². The Morgan fingerprint density at radius 2 is 2.05 bits per heavy atom. The van der Waals surface area contributed by atoms with Crippen molar-refractivity contribution in [3.05, 3.63) is 53.7 Å². The monoisotopic (exact) mass is 272 g/mol. The molecule has 20 heavy (non-hydrogen) atoms. The number of ether oxygens (including phenoxy) is 1. The highest BCUT2D eigenvalue weighted by molar-refractivity contribution is 5.85. The third kappa shape index (κ3) is 3.47. The van der Waals surface area contributed by atoms with E-state index in [2.05, 4.69) is 10.3 Å². The van der Waals surface area contributed by atoms with Crippen molar-refractivity contribution in [2.45, 2.75) is 6.42 Å². The lowest BCUT2D eigenvalue weighted by Crippen LogP contribution is -2.09. The number of carbonyl (C=O) groups is 1. The number of carboxylic acids is 1. The van der Waals surface area contributed by atoms with E-state index in [0.29, 0.717) is 12.4 Å². The number of carboxylic acid groups (broad SMARTS) is 1. The first-order chi connectivity index (χ1) is 9.70. The summed E-state index contributed by atoms with van der Waals surface area (Å²) in [5.74, 6) is 0.375. The van der Waals surface area contributed by atoms with E-state index in [1.165, 1.54) is 6.07 Å². The summed E-state index contributed by atoms with van der Waals surface area (Å²) in [6, 6.07) is 12.7. The van der Waals surface area contributed by atoms with Gasteiger partial charge in [-0.3, -0.25) is 0 Å². The zero-order valence-corrected chi connectivity index (χ0v) is 11.2. The lowest BCUT2D eigenvalue weighted by atomic mass is 10.1. The minimum absolute atomic E-state index is 0.0345. The van der Waals surface area contributed by atoms with E-state index in [9.17, 15) is 4.79 Å². The van der Waals surface area contributed by atoms with Crippen LogP contribution < -0.4 is 10.1 Å². The van der Waals surface area contributed by atoms with E-state index in [4.69, 9.17) is 9.84 Å². The first kappa shape index (κ1) is 13.9. The van der Waals surface area contributed by atoms with Crippen molar-refractivity contribution in [3.63, 3.8) is 0 Å². The maximum atomic E-state index is 10.8. The number of aromatic nitrogens is 1. The Balaban J connectivity index is 1.96. The lowest BCUT2D eigenvalue weighted by molar-refractivity contribution is 0.0690. The molecule has 1 aromatic heterocycles. The van der Waals surface area contributed by atoms with Crippen LogP contribution in [0.5, 0.6) is 5.75 Å². The van der Waals surface area contributed by atoms with Crippen LogP contribution >= 0.6 is 0 Å². The molecule has 0 saturated carbocycles. The molecule has 0 radical (unpaired) electrons. The number of nitrogens with zero attached hydrogens (tertiary/aromatic N) is 1. The molecule has 0 fully saturated rings. The molecule has 0 bridgehead atoms. The van der Waals surface area contributed by atoms with Crippen molar-refractivity contribution in [3.8, 4) is 5.75 Å². The minimum Gasteiger partial charge on any atom is -0.496 e. The van der Waals surface area contributed by atoms with Gasteiger partial charge in [-0.25, -0.2) is 9.78 Å². The molecule has 0 aliphatic heterocycles. The molecule has 1 heterocycles. The maximum absolute atomic E-state index is 10.8. The van der Waals surface area contributed by atoms with Crippen LogP contribution in [-0.2, 0) is 6.42 Å². The van der Waals surface area contributed by atoms with Crippen molar-refractivity contribution in [1.82, 2.24) is 4.98 Å². The van der Waals surface area contributed by atoms with E-state index >= 15 is 0 Å². The molecule has 2 N–H and O–H groups in total. The number of hydrogen-bond acceptors (Lipinski definition) is 4. The second kappa shape index (κ2) is 6.56. The molecule has 2 rings (SSSR count). The van der Waals surface area contributed by atoms with Gasteiger partial charge in [-0.15, -0.1) is 0 Å². The molecule has 1 aromatic carbocycles. The van der Waals surface area contributed by atoms with Crippen LogP contribution in [0, 0.1) is 0 Å². The highest BCUT2D eigenvalue weighted by Gasteiger charge is 2.05. The maximum Gasteiger partial charge on any atom is 0.354 e. The van der Waals surface area contributed by atoms with E-state index in [1.807, 2.05) is 24.3 Å². The van der Waals surface area contributed by atoms with Crippen LogP contribution in [0.1, 0.15) is 16.1 Å². The summed E-state index contributed by atoms with van der Waals surface area (Å²) < 4.78 is 5.28. The Bertz CT molecular complexity index is 599. The summed E-state index contributed by atoms with van der Waals surface area (Å²) in [6.45, 7) is 0.649. The minimum atomic E-state index is -1.03. The number of nitrogens with one attached hydrogen (secondary N) is 1. The fourth-order valence-corrected chi connectivity index (χ4v) is 1.89. The summed E-state index contributed by atoms with van der Waals surface area (Å²) in [5.41, 5.74) is 1.13.